The van der Waals surface area contributed by atoms with Crippen molar-refractivity contribution in [3.8, 4) is 6.07 Å². The lowest BCUT2D eigenvalue weighted by atomic mass is 10.2. The fourth-order valence-corrected chi connectivity index (χ4v) is 2.16. The number of benzene rings is 2. The lowest BCUT2D eigenvalue weighted by Crippen LogP contribution is -1.66. The molecule has 0 unspecified atom stereocenters. The van der Waals surface area contributed by atoms with Crippen LogP contribution >= 0.6 is 0 Å². The van der Waals surface area contributed by atoms with Gasteiger partial charge in [0.15, 0.2) is 0 Å². The first-order valence-electron chi connectivity index (χ1n) is 6.37. The van der Waals surface area contributed by atoms with E-state index in [-0.39, 0.29) is 0 Å². The minimum atomic E-state index is 0.709. The molecule has 2 aromatic carbocycles. The Morgan fingerprint density at radius 3 is 2.35 bits per heavy atom. The highest BCUT2D eigenvalue weighted by Crippen LogP contribution is 2.15. The summed E-state index contributed by atoms with van der Waals surface area (Å²) in [7, 11) is 0. The van der Waals surface area contributed by atoms with E-state index in [1.54, 1.807) is 6.20 Å². The normalized spacial score (nSPS) is 9.95. The van der Waals surface area contributed by atoms with Gasteiger partial charge in [0.2, 0.25) is 0 Å². The SMILES string of the molecule is N#Cc1c[nH]c2ccccc12.c1ccc2[nH]ccc2c1. The van der Waals surface area contributed by atoms with Crippen molar-refractivity contribution in [2.24, 2.45) is 0 Å². The second-order valence-electron chi connectivity index (χ2n) is 4.42. The van der Waals surface area contributed by atoms with Gasteiger partial charge in [-0.2, -0.15) is 5.26 Å². The van der Waals surface area contributed by atoms with Gasteiger partial charge < -0.3 is 9.97 Å². The molecule has 0 spiro atoms. The zero-order valence-electron chi connectivity index (χ0n) is 10.8. The molecule has 4 aromatic rings. The first kappa shape index (κ1) is 12.1. The van der Waals surface area contributed by atoms with E-state index in [0.29, 0.717) is 5.56 Å². The van der Waals surface area contributed by atoms with Crippen LogP contribution in [-0.4, -0.2) is 9.97 Å². The maximum Gasteiger partial charge on any atom is 0.101 e. The summed E-state index contributed by atoms with van der Waals surface area (Å²) >= 11 is 0. The average molecular weight is 259 g/mol. The summed E-state index contributed by atoms with van der Waals surface area (Å²) in [6.45, 7) is 0. The van der Waals surface area contributed by atoms with Crippen LogP contribution in [0.4, 0.5) is 0 Å². The second kappa shape index (κ2) is 5.33. The van der Waals surface area contributed by atoms with Crippen molar-refractivity contribution in [3.63, 3.8) is 0 Å². The number of nitriles is 1. The van der Waals surface area contributed by atoms with Crippen molar-refractivity contribution in [1.82, 2.24) is 9.97 Å². The predicted octanol–water partition coefficient (Wildman–Crippen LogP) is 4.21. The summed E-state index contributed by atoms with van der Waals surface area (Å²) in [6.07, 6.45) is 3.68. The Balaban J connectivity index is 0.000000123. The van der Waals surface area contributed by atoms with E-state index in [1.807, 2.05) is 42.6 Å². The van der Waals surface area contributed by atoms with E-state index >= 15 is 0 Å². The topological polar surface area (TPSA) is 55.4 Å². The van der Waals surface area contributed by atoms with Crippen molar-refractivity contribution in [2.45, 2.75) is 0 Å². The summed E-state index contributed by atoms with van der Waals surface area (Å²) < 4.78 is 0. The van der Waals surface area contributed by atoms with Gasteiger partial charge in [-0.25, -0.2) is 0 Å². The summed E-state index contributed by atoms with van der Waals surface area (Å²) in [4.78, 5) is 6.14. The monoisotopic (exact) mass is 259 g/mol. The first-order valence-corrected chi connectivity index (χ1v) is 6.37. The number of aromatic amines is 2. The fraction of sp³-hybridized carbons (Fsp3) is 0. The summed E-state index contributed by atoms with van der Waals surface area (Å²) in [5.41, 5.74) is 2.93. The highest BCUT2D eigenvalue weighted by atomic mass is 14.7. The molecule has 0 radical (unpaired) electrons. The van der Waals surface area contributed by atoms with Crippen LogP contribution in [0, 0.1) is 11.3 Å². The Bertz CT molecular complexity index is 847. The molecule has 0 bridgehead atoms. The third-order valence-electron chi connectivity index (χ3n) is 3.17. The Morgan fingerprint density at radius 1 is 0.800 bits per heavy atom. The average Bonchev–Trinajstić information content (AvgIpc) is 3.14. The van der Waals surface area contributed by atoms with Gasteiger partial charge in [0.05, 0.1) is 5.56 Å². The van der Waals surface area contributed by atoms with Crippen molar-refractivity contribution in [2.75, 3.05) is 0 Å². The van der Waals surface area contributed by atoms with E-state index in [0.717, 1.165) is 10.9 Å². The van der Waals surface area contributed by atoms with Crippen LogP contribution in [0.25, 0.3) is 21.8 Å². The Kier molecular flexibility index (Phi) is 3.22. The van der Waals surface area contributed by atoms with Crippen LogP contribution in [0.2, 0.25) is 0 Å². The Morgan fingerprint density at radius 2 is 1.55 bits per heavy atom. The van der Waals surface area contributed by atoms with Gasteiger partial charge in [0, 0.05) is 28.8 Å². The maximum atomic E-state index is 8.65. The number of rotatable bonds is 0. The molecule has 2 heterocycles. The van der Waals surface area contributed by atoms with Crippen molar-refractivity contribution in [3.05, 3.63) is 72.6 Å². The standard InChI is InChI=1S/C9H6N2.C8H7N/c10-5-7-6-11-9-4-2-1-3-8(7)9;1-2-4-8-7(3-1)5-6-9-8/h1-4,6,11H;1-6,9H. The van der Waals surface area contributed by atoms with Gasteiger partial charge in [-0.3, -0.25) is 0 Å². The molecule has 3 nitrogen and oxygen atoms in total. The maximum absolute atomic E-state index is 8.65. The number of fused-ring (bicyclic) bond motifs is 2. The van der Waals surface area contributed by atoms with Crippen LogP contribution in [0.3, 0.4) is 0 Å². The number of hydrogen-bond acceptors (Lipinski definition) is 1. The smallest absolute Gasteiger partial charge is 0.101 e. The zero-order chi connectivity index (χ0) is 13.8. The highest BCUT2D eigenvalue weighted by Gasteiger charge is 1.98. The van der Waals surface area contributed by atoms with Gasteiger partial charge in [0.25, 0.3) is 0 Å². The highest BCUT2D eigenvalue weighted by molar-refractivity contribution is 5.85. The molecule has 0 aliphatic carbocycles. The Hall–Kier alpha value is -2.99. The van der Waals surface area contributed by atoms with Gasteiger partial charge >= 0.3 is 0 Å². The van der Waals surface area contributed by atoms with Crippen molar-refractivity contribution >= 4 is 21.8 Å². The van der Waals surface area contributed by atoms with Gasteiger partial charge in [-0.15, -0.1) is 0 Å². The molecule has 0 aliphatic heterocycles. The van der Waals surface area contributed by atoms with Crippen molar-refractivity contribution < 1.29 is 0 Å². The summed E-state index contributed by atoms with van der Waals surface area (Å²) in [5.74, 6) is 0. The minimum Gasteiger partial charge on any atom is -0.361 e. The molecular weight excluding hydrogens is 246 g/mol. The van der Waals surface area contributed by atoms with E-state index in [2.05, 4.69) is 34.2 Å². The first-order chi connectivity index (χ1) is 9.88. The molecule has 2 aromatic heterocycles. The van der Waals surface area contributed by atoms with Crippen LogP contribution in [0.1, 0.15) is 5.56 Å². The van der Waals surface area contributed by atoms with E-state index in [9.17, 15) is 0 Å². The molecular formula is C17H13N3. The minimum absolute atomic E-state index is 0.709. The van der Waals surface area contributed by atoms with E-state index in [4.69, 9.17) is 5.26 Å². The number of aromatic nitrogens is 2. The second-order valence-corrected chi connectivity index (χ2v) is 4.42. The van der Waals surface area contributed by atoms with Crippen LogP contribution < -0.4 is 0 Å². The van der Waals surface area contributed by atoms with Gasteiger partial charge in [-0.05, 0) is 23.6 Å². The molecule has 96 valence electrons. The fourth-order valence-electron chi connectivity index (χ4n) is 2.16. The summed E-state index contributed by atoms with van der Waals surface area (Å²) in [5, 5.41) is 10.9. The zero-order valence-corrected chi connectivity index (χ0v) is 10.8. The molecule has 0 fully saturated rings. The third-order valence-corrected chi connectivity index (χ3v) is 3.17. The van der Waals surface area contributed by atoms with Crippen LogP contribution in [0.15, 0.2) is 67.0 Å². The molecule has 0 saturated carbocycles. The molecule has 0 aliphatic rings. The number of nitrogens with zero attached hydrogens (tertiary/aromatic N) is 1. The molecule has 0 atom stereocenters. The molecule has 0 saturated heterocycles. The molecule has 20 heavy (non-hydrogen) atoms. The van der Waals surface area contributed by atoms with E-state index < -0.39 is 0 Å². The largest absolute Gasteiger partial charge is 0.361 e. The molecule has 0 amide bonds. The molecule has 3 heteroatoms. The van der Waals surface area contributed by atoms with Crippen LogP contribution in [0.5, 0.6) is 0 Å². The number of H-pyrrole nitrogens is 2. The number of hydrogen-bond donors (Lipinski definition) is 2. The predicted molar refractivity (Wildman–Crippen MR) is 81.3 cm³/mol. The summed E-state index contributed by atoms with van der Waals surface area (Å²) in [6, 6.07) is 20.2. The van der Waals surface area contributed by atoms with Crippen molar-refractivity contribution in [1.29, 1.82) is 5.26 Å². The van der Waals surface area contributed by atoms with Crippen LogP contribution in [-0.2, 0) is 0 Å². The Labute approximate surface area is 116 Å². The number of nitrogens with one attached hydrogen (secondary N) is 2. The lowest BCUT2D eigenvalue weighted by Gasteiger charge is -1.85. The van der Waals surface area contributed by atoms with Gasteiger partial charge in [-0.1, -0.05) is 36.4 Å². The third kappa shape index (κ3) is 2.27. The number of para-hydroxylation sites is 2. The quantitative estimate of drug-likeness (QED) is 0.488. The molecule has 4 rings (SSSR count). The lowest BCUT2D eigenvalue weighted by molar-refractivity contribution is 1.45. The van der Waals surface area contributed by atoms with E-state index in [1.165, 1.54) is 10.9 Å². The molecule has 2 N–H and O–H groups in total. The van der Waals surface area contributed by atoms with Gasteiger partial charge in [0.1, 0.15) is 6.07 Å².